The number of benzene rings is 1. The second-order valence-corrected chi connectivity index (χ2v) is 8.62. The molecule has 0 bridgehead atoms. The number of thiophene rings is 1. The van der Waals surface area contributed by atoms with Crippen LogP contribution in [0, 0.1) is 5.82 Å². The van der Waals surface area contributed by atoms with Crippen LogP contribution >= 0.6 is 34.7 Å². The Bertz CT molecular complexity index is 1030. The zero-order valence-corrected chi connectivity index (χ0v) is 17.5. The number of rotatable bonds is 8. The Morgan fingerprint density at radius 3 is 2.83 bits per heavy atom. The van der Waals surface area contributed by atoms with E-state index in [0.29, 0.717) is 16.7 Å². The van der Waals surface area contributed by atoms with Crippen LogP contribution in [0.2, 0.25) is 5.02 Å². The summed E-state index contributed by atoms with van der Waals surface area (Å²) in [5.74, 6) is -1.28. The standard InChI is InChI=1S/C18H16ClFN4O3S2/c1-10(17(27)21-11-4-5-13(20)12(19)9-11)29-18-23-22-16(14-3-2-8-28-14)24(18)7-6-15(25)26/h2-5,8-10H,6-7H2,1H3,(H,21,27)(H,25,26)/t10-/m1/s1. The third-order valence-corrected chi connectivity index (χ3v) is 6.08. The quantitative estimate of drug-likeness (QED) is 0.490. The number of nitrogens with one attached hydrogen (secondary N) is 1. The first-order chi connectivity index (χ1) is 13.8. The van der Waals surface area contributed by atoms with Crippen LogP contribution in [-0.2, 0) is 16.1 Å². The van der Waals surface area contributed by atoms with Crippen molar-refractivity contribution in [3.8, 4) is 10.7 Å². The number of carboxylic acid groups (broad SMARTS) is 1. The Labute approximate surface area is 178 Å². The van der Waals surface area contributed by atoms with Gasteiger partial charge in [-0.25, -0.2) is 4.39 Å². The highest BCUT2D eigenvalue weighted by molar-refractivity contribution is 8.00. The lowest BCUT2D eigenvalue weighted by molar-refractivity contribution is -0.137. The molecule has 0 saturated carbocycles. The number of thioether (sulfide) groups is 1. The van der Waals surface area contributed by atoms with Gasteiger partial charge in [-0.1, -0.05) is 29.4 Å². The molecule has 11 heteroatoms. The molecule has 2 N–H and O–H groups in total. The topological polar surface area (TPSA) is 97.1 Å². The summed E-state index contributed by atoms with van der Waals surface area (Å²) in [4.78, 5) is 24.4. The van der Waals surface area contributed by atoms with Gasteiger partial charge in [-0.2, -0.15) is 0 Å². The number of carboxylic acids is 1. The Kier molecular flexibility index (Phi) is 6.88. The lowest BCUT2D eigenvalue weighted by Gasteiger charge is -2.13. The van der Waals surface area contributed by atoms with Crippen LogP contribution in [0.1, 0.15) is 13.3 Å². The van der Waals surface area contributed by atoms with E-state index in [1.54, 1.807) is 11.5 Å². The molecule has 1 aromatic carbocycles. The molecule has 0 fully saturated rings. The van der Waals surface area contributed by atoms with E-state index in [9.17, 15) is 14.0 Å². The number of halogens is 2. The van der Waals surface area contributed by atoms with Gasteiger partial charge in [-0.05, 0) is 36.6 Å². The van der Waals surface area contributed by atoms with Crippen molar-refractivity contribution in [1.29, 1.82) is 0 Å². The molecule has 29 heavy (non-hydrogen) atoms. The van der Waals surface area contributed by atoms with Crippen LogP contribution in [0.5, 0.6) is 0 Å². The first kappa shape index (κ1) is 21.3. The monoisotopic (exact) mass is 454 g/mol. The average molecular weight is 455 g/mol. The average Bonchev–Trinajstić information content (AvgIpc) is 3.32. The van der Waals surface area contributed by atoms with Gasteiger partial charge in [0.25, 0.3) is 0 Å². The molecule has 0 aliphatic carbocycles. The summed E-state index contributed by atoms with van der Waals surface area (Å²) in [6, 6.07) is 7.66. The van der Waals surface area contributed by atoms with Crippen molar-refractivity contribution in [2.24, 2.45) is 0 Å². The van der Waals surface area contributed by atoms with Gasteiger partial charge in [0.1, 0.15) is 5.82 Å². The molecule has 7 nitrogen and oxygen atoms in total. The Hall–Kier alpha value is -2.43. The van der Waals surface area contributed by atoms with Crippen molar-refractivity contribution in [2.75, 3.05) is 5.32 Å². The predicted octanol–water partition coefficient (Wildman–Crippen LogP) is 4.39. The van der Waals surface area contributed by atoms with Gasteiger partial charge in [0.05, 0.1) is 21.6 Å². The van der Waals surface area contributed by atoms with E-state index >= 15 is 0 Å². The van der Waals surface area contributed by atoms with Crippen molar-refractivity contribution < 1.29 is 19.1 Å². The van der Waals surface area contributed by atoms with Gasteiger partial charge in [0, 0.05) is 12.2 Å². The van der Waals surface area contributed by atoms with Crippen LogP contribution in [0.25, 0.3) is 10.7 Å². The second kappa shape index (κ2) is 9.38. The van der Waals surface area contributed by atoms with E-state index in [-0.39, 0.29) is 23.9 Å². The summed E-state index contributed by atoms with van der Waals surface area (Å²) in [5.41, 5.74) is 0.375. The first-order valence-electron chi connectivity index (χ1n) is 8.46. The number of amides is 1. The highest BCUT2D eigenvalue weighted by Gasteiger charge is 2.22. The molecule has 0 aliphatic heterocycles. The number of hydrogen-bond donors (Lipinski definition) is 2. The number of aliphatic carboxylic acids is 1. The molecule has 0 aliphatic rings. The Balaban J connectivity index is 1.76. The molecule has 1 atom stereocenters. The van der Waals surface area contributed by atoms with Gasteiger partial charge in [0.2, 0.25) is 5.91 Å². The Morgan fingerprint density at radius 2 is 2.17 bits per heavy atom. The minimum Gasteiger partial charge on any atom is -0.481 e. The molecule has 2 heterocycles. The normalized spacial score (nSPS) is 12.0. The summed E-state index contributed by atoms with van der Waals surface area (Å²) in [6.07, 6.45) is -0.0986. The van der Waals surface area contributed by atoms with Gasteiger partial charge in [0.15, 0.2) is 11.0 Å². The van der Waals surface area contributed by atoms with Gasteiger partial charge < -0.3 is 15.0 Å². The molecular weight excluding hydrogens is 439 g/mol. The summed E-state index contributed by atoms with van der Waals surface area (Å²) in [7, 11) is 0. The molecule has 3 rings (SSSR count). The lowest BCUT2D eigenvalue weighted by atomic mass is 10.3. The molecule has 0 saturated heterocycles. The largest absolute Gasteiger partial charge is 0.481 e. The molecular formula is C18H16ClFN4O3S2. The summed E-state index contributed by atoms with van der Waals surface area (Å²) in [5, 5.41) is 21.7. The highest BCUT2D eigenvalue weighted by atomic mass is 35.5. The van der Waals surface area contributed by atoms with Gasteiger partial charge in [-0.3, -0.25) is 9.59 Å². The lowest BCUT2D eigenvalue weighted by Crippen LogP contribution is -2.23. The van der Waals surface area contributed by atoms with E-state index in [1.165, 1.54) is 29.5 Å². The molecule has 2 aromatic heterocycles. The maximum absolute atomic E-state index is 13.3. The third kappa shape index (κ3) is 5.34. The highest BCUT2D eigenvalue weighted by Crippen LogP contribution is 2.30. The smallest absolute Gasteiger partial charge is 0.305 e. The minimum atomic E-state index is -0.939. The van der Waals surface area contributed by atoms with Gasteiger partial charge >= 0.3 is 5.97 Å². The summed E-state index contributed by atoms with van der Waals surface area (Å²) < 4.78 is 15.0. The van der Waals surface area contributed by atoms with Crippen LogP contribution in [0.3, 0.4) is 0 Å². The van der Waals surface area contributed by atoms with Crippen LogP contribution in [-0.4, -0.2) is 37.0 Å². The number of hydrogen-bond acceptors (Lipinski definition) is 6. The SMILES string of the molecule is C[C@@H](Sc1nnc(-c2cccs2)n1CCC(=O)O)C(=O)Nc1ccc(F)c(Cl)c1. The van der Waals surface area contributed by atoms with E-state index < -0.39 is 17.0 Å². The van der Waals surface area contributed by atoms with E-state index in [0.717, 1.165) is 16.6 Å². The molecule has 0 unspecified atom stereocenters. The molecule has 152 valence electrons. The molecule has 1 amide bonds. The number of carbonyl (C=O) groups excluding carboxylic acids is 1. The van der Waals surface area contributed by atoms with Gasteiger partial charge in [-0.15, -0.1) is 21.5 Å². The minimum absolute atomic E-state index is 0.0860. The van der Waals surface area contributed by atoms with Crippen molar-refractivity contribution in [3.63, 3.8) is 0 Å². The summed E-state index contributed by atoms with van der Waals surface area (Å²) >= 11 is 8.36. The fourth-order valence-electron chi connectivity index (χ4n) is 2.40. The number of anilines is 1. The Morgan fingerprint density at radius 1 is 1.38 bits per heavy atom. The fraction of sp³-hybridized carbons (Fsp3) is 0.222. The molecule has 0 spiro atoms. The molecule has 0 radical (unpaired) electrons. The number of carbonyl (C=O) groups is 2. The number of nitrogens with zero attached hydrogens (tertiary/aromatic N) is 3. The van der Waals surface area contributed by atoms with Crippen LogP contribution < -0.4 is 5.32 Å². The van der Waals surface area contributed by atoms with Crippen molar-refractivity contribution in [1.82, 2.24) is 14.8 Å². The van der Waals surface area contributed by atoms with Crippen molar-refractivity contribution >= 4 is 52.3 Å². The summed E-state index contributed by atoms with van der Waals surface area (Å²) in [6.45, 7) is 1.87. The second-order valence-electron chi connectivity index (χ2n) is 5.96. The van der Waals surface area contributed by atoms with E-state index in [1.807, 2.05) is 17.5 Å². The molecule has 3 aromatic rings. The zero-order valence-electron chi connectivity index (χ0n) is 15.1. The maximum atomic E-state index is 13.3. The van der Waals surface area contributed by atoms with E-state index in [4.69, 9.17) is 16.7 Å². The predicted molar refractivity (Wildman–Crippen MR) is 111 cm³/mol. The third-order valence-electron chi connectivity index (χ3n) is 3.85. The fourth-order valence-corrected chi connectivity index (χ4v) is 4.18. The van der Waals surface area contributed by atoms with Crippen molar-refractivity contribution in [2.45, 2.75) is 30.3 Å². The zero-order chi connectivity index (χ0) is 21.0. The first-order valence-corrected chi connectivity index (χ1v) is 10.6. The van der Waals surface area contributed by atoms with Crippen molar-refractivity contribution in [3.05, 3.63) is 46.6 Å². The van der Waals surface area contributed by atoms with E-state index in [2.05, 4.69) is 15.5 Å². The maximum Gasteiger partial charge on any atom is 0.305 e. The van der Waals surface area contributed by atoms with Crippen LogP contribution in [0.15, 0.2) is 40.9 Å². The number of aromatic nitrogens is 3. The van der Waals surface area contributed by atoms with Crippen LogP contribution in [0.4, 0.5) is 10.1 Å².